The van der Waals surface area contributed by atoms with Crippen molar-refractivity contribution < 1.29 is 23.5 Å². The number of amides is 1. The van der Waals surface area contributed by atoms with Crippen LogP contribution in [0.25, 0.3) is 0 Å². The van der Waals surface area contributed by atoms with Crippen LogP contribution in [0.5, 0.6) is 17.2 Å². The average Bonchev–Trinajstić information content (AvgIpc) is 2.83. The van der Waals surface area contributed by atoms with Crippen molar-refractivity contribution >= 4 is 11.7 Å². The molecule has 0 unspecified atom stereocenters. The summed E-state index contributed by atoms with van der Waals surface area (Å²) in [5, 5.41) is 3.01. The maximum absolute atomic E-state index is 12.3. The fourth-order valence-corrected chi connectivity index (χ4v) is 3.68. The molecule has 0 aromatic heterocycles. The van der Waals surface area contributed by atoms with Crippen molar-refractivity contribution in [2.24, 2.45) is 0 Å². The Morgan fingerprint density at radius 2 is 1.80 bits per heavy atom. The molecular weight excluding hydrogens is 440 g/mol. The largest absolute Gasteiger partial charge is 0.483 e. The van der Waals surface area contributed by atoms with Crippen molar-refractivity contribution in [3.05, 3.63) is 66.2 Å². The van der Waals surface area contributed by atoms with Crippen LogP contribution >= 0.6 is 0 Å². The molecule has 0 radical (unpaired) electrons. The van der Waals surface area contributed by atoms with E-state index in [2.05, 4.69) is 18.8 Å². The Balaban J connectivity index is 2.04. The summed E-state index contributed by atoms with van der Waals surface area (Å²) < 4.78 is 12.9. The van der Waals surface area contributed by atoms with Gasteiger partial charge in [-0.05, 0) is 43.2 Å². The molecule has 0 saturated heterocycles. The number of benzene rings is 2. The molecular formula is C29H41N2O4+. The van der Waals surface area contributed by atoms with Gasteiger partial charge in [0.15, 0.2) is 23.8 Å². The lowest BCUT2D eigenvalue weighted by Gasteiger charge is -2.29. The second-order valence-corrected chi connectivity index (χ2v) is 9.36. The number of allylic oxidation sites excluding steroid dienone is 1. The van der Waals surface area contributed by atoms with Gasteiger partial charge in [-0.25, -0.2) is 0 Å². The number of hydrogen-bond acceptors (Lipinski definition) is 4. The third-order valence-corrected chi connectivity index (χ3v) is 5.77. The Morgan fingerprint density at radius 1 is 1.06 bits per heavy atom. The number of para-hydroxylation sites is 1. The summed E-state index contributed by atoms with van der Waals surface area (Å²) in [6.07, 6.45) is 6.23. The number of hydrogen-bond donors (Lipinski definition) is 1. The van der Waals surface area contributed by atoms with Crippen molar-refractivity contribution in [2.45, 2.75) is 46.0 Å². The molecule has 0 aliphatic heterocycles. The van der Waals surface area contributed by atoms with Gasteiger partial charge in [-0.2, -0.15) is 0 Å². The van der Waals surface area contributed by atoms with Crippen LogP contribution in [0.3, 0.4) is 0 Å². The van der Waals surface area contributed by atoms with E-state index in [0.29, 0.717) is 59.8 Å². The molecule has 190 valence electrons. The van der Waals surface area contributed by atoms with Crippen LogP contribution in [0.2, 0.25) is 0 Å². The SMILES string of the molecule is C=CCc1cccc(Oc2ccc(C(=O)CC)cc2)c1OCC[N+](C)(C)CC(=O)NCCCCC. The van der Waals surface area contributed by atoms with Crippen LogP contribution in [0.4, 0.5) is 0 Å². The molecule has 0 heterocycles. The summed E-state index contributed by atoms with van der Waals surface area (Å²) >= 11 is 0. The summed E-state index contributed by atoms with van der Waals surface area (Å²) in [4.78, 5) is 24.2. The van der Waals surface area contributed by atoms with E-state index in [4.69, 9.17) is 9.47 Å². The molecule has 0 saturated carbocycles. The van der Waals surface area contributed by atoms with Gasteiger partial charge in [0.05, 0.1) is 14.1 Å². The highest BCUT2D eigenvalue weighted by molar-refractivity contribution is 5.95. The van der Waals surface area contributed by atoms with Gasteiger partial charge < -0.3 is 19.3 Å². The first-order valence-electron chi connectivity index (χ1n) is 12.5. The van der Waals surface area contributed by atoms with E-state index < -0.39 is 0 Å². The Hall–Kier alpha value is -3.12. The molecule has 0 bridgehead atoms. The average molecular weight is 482 g/mol. The zero-order valence-corrected chi connectivity index (χ0v) is 21.8. The molecule has 0 spiro atoms. The first-order valence-corrected chi connectivity index (χ1v) is 12.5. The molecule has 6 nitrogen and oxygen atoms in total. The molecule has 2 rings (SSSR count). The molecule has 0 aliphatic rings. The second kappa shape index (κ2) is 14.3. The van der Waals surface area contributed by atoms with E-state index in [1.165, 1.54) is 0 Å². The topological polar surface area (TPSA) is 64.6 Å². The van der Waals surface area contributed by atoms with Gasteiger partial charge in [0.1, 0.15) is 18.9 Å². The number of nitrogens with zero attached hydrogens (tertiary/aromatic N) is 1. The minimum Gasteiger partial charge on any atom is -0.483 e. The van der Waals surface area contributed by atoms with E-state index in [1.807, 2.05) is 45.3 Å². The zero-order chi connectivity index (χ0) is 25.7. The van der Waals surface area contributed by atoms with E-state index in [9.17, 15) is 9.59 Å². The summed E-state index contributed by atoms with van der Waals surface area (Å²) in [5.74, 6) is 2.08. The summed E-state index contributed by atoms with van der Waals surface area (Å²) in [6.45, 7) is 10.1. The Morgan fingerprint density at radius 3 is 2.46 bits per heavy atom. The maximum Gasteiger partial charge on any atom is 0.275 e. The van der Waals surface area contributed by atoms with Gasteiger partial charge in [-0.3, -0.25) is 9.59 Å². The number of ether oxygens (including phenoxy) is 2. The third kappa shape index (κ3) is 9.57. The quantitative estimate of drug-likeness (QED) is 0.148. The number of ketones is 1. The van der Waals surface area contributed by atoms with Crippen LogP contribution < -0.4 is 14.8 Å². The highest BCUT2D eigenvalue weighted by atomic mass is 16.5. The lowest BCUT2D eigenvalue weighted by atomic mass is 10.1. The molecule has 6 heteroatoms. The number of nitrogens with one attached hydrogen (secondary N) is 1. The van der Waals surface area contributed by atoms with Crippen LogP contribution in [-0.4, -0.2) is 56.5 Å². The normalized spacial score (nSPS) is 11.1. The summed E-state index contributed by atoms with van der Waals surface area (Å²) in [7, 11) is 4.06. The summed E-state index contributed by atoms with van der Waals surface area (Å²) in [6, 6.07) is 13.0. The van der Waals surface area contributed by atoms with Gasteiger partial charge in [0.25, 0.3) is 5.91 Å². The van der Waals surface area contributed by atoms with E-state index >= 15 is 0 Å². The third-order valence-electron chi connectivity index (χ3n) is 5.77. The number of unbranched alkanes of at least 4 members (excludes halogenated alkanes) is 2. The summed E-state index contributed by atoms with van der Waals surface area (Å²) in [5.41, 5.74) is 1.65. The molecule has 2 aromatic carbocycles. The van der Waals surface area contributed by atoms with Gasteiger partial charge in [0.2, 0.25) is 0 Å². The Bertz CT molecular complexity index is 967. The van der Waals surface area contributed by atoms with Crippen molar-refractivity contribution in [2.75, 3.05) is 40.3 Å². The Labute approximate surface area is 210 Å². The number of carbonyl (C=O) groups is 2. The number of carbonyl (C=O) groups excluding carboxylic acids is 2. The fraction of sp³-hybridized carbons (Fsp3) is 0.448. The van der Waals surface area contributed by atoms with E-state index in [1.54, 1.807) is 24.3 Å². The fourth-order valence-electron chi connectivity index (χ4n) is 3.68. The highest BCUT2D eigenvalue weighted by Crippen LogP contribution is 2.35. The van der Waals surface area contributed by atoms with Crippen molar-refractivity contribution in [3.8, 4) is 17.2 Å². The van der Waals surface area contributed by atoms with Gasteiger partial charge in [-0.1, -0.05) is 44.9 Å². The van der Waals surface area contributed by atoms with E-state index in [0.717, 1.165) is 31.4 Å². The molecule has 2 aromatic rings. The van der Waals surface area contributed by atoms with Gasteiger partial charge in [0, 0.05) is 24.1 Å². The van der Waals surface area contributed by atoms with Crippen LogP contribution in [-0.2, 0) is 11.2 Å². The highest BCUT2D eigenvalue weighted by Gasteiger charge is 2.21. The zero-order valence-electron chi connectivity index (χ0n) is 21.8. The first-order chi connectivity index (χ1) is 16.8. The first kappa shape index (κ1) is 28.1. The van der Waals surface area contributed by atoms with Crippen LogP contribution in [0.15, 0.2) is 55.1 Å². The molecule has 1 amide bonds. The minimum atomic E-state index is 0.0622. The van der Waals surface area contributed by atoms with Gasteiger partial charge in [-0.15, -0.1) is 6.58 Å². The van der Waals surface area contributed by atoms with Crippen LogP contribution in [0.1, 0.15) is 55.5 Å². The number of quaternary nitrogens is 1. The Kier molecular flexibility index (Phi) is 11.5. The van der Waals surface area contributed by atoms with Crippen molar-refractivity contribution in [1.82, 2.24) is 5.32 Å². The number of rotatable bonds is 16. The lowest BCUT2D eigenvalue weighted by Crippen LogP contribution is -2.49. The van der Waals surface area contributed by atoms with Crippen molar-refractivity contribution in [3.63, 3.8) is 0 Å². The van der Waals surface area contributed by atoms with E-state index in [-0.39, 0.29) is 11.7 Å². The number of likely N-dealkylation sites (N-methyl/N-ethyl adjacent to an activating group) is 1. The van der Waals surface area contributed by atoms with Crippen LogP contribution in [0, 0.1) is 0 Å². The molecule has 0 fully saturated rings. The van der Waals surface area contributed by atoms with Crippen molar-refractivity contribution in [1.29, 1.82) is 0 Å². The molecule has 1 N–H and O–H groups in total. The monoisotopic (exact) mass is 481 g/mol. The molecule has 35 heavy (non-hydrogen) atoms. The standard InChI is InChI=1S/C29H40N2O4/c1-6-9-10-19-30-28(33)22-31(4,5)20-21-34-29-24(12-7-2)13-11-14-27(29)35-25-17-15-23(16-18-25)26(32)8-3/h7,11,13-18H,2,6,8-10,12,19-22H2,1,3-5H3/p+1. The lowest BCUT2D eigenvalue weighted by molar-refractivity contribution is -0.882. The predicted molar refractivity (Wildman–Crippen MR) is 141 cm³/mol. The predicted octanol–water partition coefficient (Wildman–Crippen LogP) is 5.56. The maximum atomic E-state index is 12.3. The smallest absolute Gasteiger partial charge is 0.275 e. The minimum absolute atomic E-state index is 0.0622. The number of Topliss-reactive ketones (excluding diaryl/α,β-unsaturated/α-hetero) is 1. The molecule has 0 atom stereocenters. The second-order valence-electron chi connectivity index (χ2n) is 9.36. The molecule has 0 aliphatic carbocycles. The van der Waals surface area contributed by atoms with Gasteiger partial charge >= 0.3 is 0 Å².